The van der Waals surface area contributed by atoms with Crippen molar-refractivity contribution >= 4 is 5.78 Å². The highest BCUT2D eigenvalue weighted by Gasteiger charge is 2.33. The highest BCUT2D eigenvalue weighted by molar-refractivity contribution is 5.34. The van der Waals surface area contributed by atoms with Gasteiger partial charge in [-0.3, -0.25) is 0 Å². The Bertz CT molecular complexity index is 911. The lowest BCUT2D eigenvalue weighted by Crippen LogP contribution is -2.25. The van der Waals surface area contributed by atoms with E-state index in [4.69, 9.17) is 4.74 Å². The molecule has 138 valence electrons. The van der Waals surface area contributed by atoms with Crippen molar-refractivity contribution in [2.75, 3.05) is 0 Å². The molecular weight excluding hydrogens is 345 g/mol. The van der Waals surface area contributed by atoms with Crippen LogP contribution in [0.4, 0.5) is 13.2 Å². The molecule has 0 spiro atoms. The Kier molecular flexibility index (Phi) is 4.37. The summed E-state index contributed by atoms with van der Waals surface area (Å²) >= 11 is 0. The van der Waals surface area contributed by atoms with Crippen molar-refractivity contribution in [3.05, 3.63) is 53.5 Å². The summed E-state index contributed by atoms with van der Waals surface area (Å²) in [7, 11) is 0. The van der Waals surface area contributed by atoms with E-state index in [9.17, 15) is 13.2 Å². The molecule has 0 aliphatic heterocycles. The number of alkyl halides is 3. The van der Waals surface area contributed by atoms with Crippen LogP contribution < -0.4 is 4.74 Å². The summed E-state index contributed by atoms with van der Waals surface area (Å²) in [5, 5.41) is 4.10. The minimum absolute atomic E-state index is 0.371. The zero-order chi connectivity index (χ0) is 19.1. The van der Waals surface area contributed by atoms with Gasteiger partial charge in [0.1, 0.15) is 12.4 Å². The molecule has 5 nitrogen and oxygen atoms in total. The largest absolute Gasteiger partial charge is 0.469 e. The van der Waals surface area contributed by atoms with Gasteiger partial charge in [0.25, 0.3) is 5.78 Å². The second kappa shape index (κ2) is 6.26. The Labute approximate surface area is 148 Å². The Hall–Kier alpha value is -2.64. The average molecular weight is 364 g/mol. The topological polar surface area (TPSA) is 52.3 Å². The fraction of sp³-hybridized carbons (Fsp3) is 0.389. The highest BCUT2D eigenvalue weighted by Crippen LogP contribution is 2.38. The third-order valence-electron chi connectivity index (χ3n) is 3.91. The average Bonchev–Trinajstić information content (AvgIpc) is 2.99. The molecule has 0 aliphatic rings. The van der Waals surface area contributed by atoms with Gasteiger partial charge in [-0.15, -0.1) is 0 Å². The monoisotopic (exact) mass is 364 g/mol. The van der Waals surface area contributed by atoms with E-state index in [1.54, 1.807) is 6.07 Å². The summed E-state index contributed by atoms with van der Waals surface area (Å²) in [6, 6.07) is 6.77. The number of nitrogens with zero attached hydrogens (tertiary/aromatic N) is 4. The second-order valence-electron chi connectivity index (χ2n) is 7.19. The van der Waals surface area contributed by atoms with E-state index in [-0.39, 0.29) is 5.41 Å². The molecule has 0 amide bonds. The highest BCUT2D eigenvalue weighted by atomic mass is 19.4. The van der Waals surface area contributed by atoms with Gasteiger partial charge in [0.05, 0.1) is 5.56 Å². The van der Waals surface area contributed by atoms with Crippen molar-refractivity contribution in [1.82, 2.24) is 19.6 Å². The molecule has 3 rings (SSSR count). The van der Waals surface area contributed by atoms with Crippen LogP contribution in [0.5, 0.6) is 5.88 Å². The molecule has 26 heavy (non-hydrogen) atoms. The molecule has 1 atom stereocenters. The summed E-state index contributed by atoms with van der Waals surface area (Å²) in [4.78, 5) is 8.32. The maximum Gasteiger partial charge on any atom is 0.416 e. The Morgan fingerprint density at radius 1 is 1.08 bits per heavy atom. The van der Waals surface area contributed by atoms with Crippen LogP contribution in [0.3, 0.4) is 0 Å². The maximum absolute atomic E-state index is 12.8. The standard InChI is InChI=1S/C18H19F3N4O/c1-11-9-14(25-16(24-11)22-10-23-25)26-15(17(2,3)4)12-5-7-13(8-6-12)18(19,20)21/h5-10,15H,1-4H3/t15-/m0/s1. The molecule has 2 heterocycles. The van der Waals surface area contributed by atoms with Gasteiger partial charge in [-0.2, -0.15) is 27.8 Å². The van der Waals surface area contributed by atoms with Gasteiger partial charge >= 0.3 is 6.18 Å². The normalized spacial score (nSPS) is 13.8. The first-order valence-corrected chi connectivity index (χ1v) is 8.07. The number of fused-ring (bicyclic) bond motifs is 1. The van der Waals surface area contributed by atoms with E-state index in [1.165, 1.54) is 23.0 Å². The molecule has 0 radical (unpaired) electrons. The van der Waals surface area contributed by atoms with E-state index < -0.39 is 17.8 Å². The predicted molar refractivity (Wildman–Crippen MR) is 89.8 cm³/mol. The summed E-state index contributed by atoms with van der Waals surface area (Å²) in [5.41, 5.74) is 0.297. The summed E-state index contributed by atoms with van der Waals surface area (Å²) in [5.74, 6) is 0.838. The van der Waals surface area contributed by atoms with Crippen molar-refractivity contribution in [3.8, 4) is 5.88 Å². The summed E-state index contributed by atoms with van der Waals surface area (Å²) < 4.78 is 46.1. The predicted octanol–water partition coefficient (Wildman–Crippen LogP) is 4.62. The second-order valence-corrected chi connectivity index (χ2v) is 7.19. The molecule has 0 saturated heterocycles. The van der Waals surface area contributed by atoms with Crippen LogP contribution in [-0.2, 0) is 6.18 Å². The molecule has 1 aromatic carbocycles. The number of aromatic nitrogens is 4. The van der Waals surface area contributed by atoms with Gasteiger partial charge in [0.2, 0.25) is 5.88 Å². The summed E-state index contributed by atoms with van der Waals surface area (Å²) in [6.45, 7) is 7.69. The van der Waals surface area contributed by atoms with Gasteiger partial charge in [-0.1, -0.05) is 32.9 Å². The Balaban J connectivity index is 2.00. The third-order valence-corrected chi connectivity index (χ3v) is 3.91. The number of hydrogen-bond acceptors (Lipinski definition) is 4. The SMILES string of the molecule is Cc1cc(O[C@@H](c2ccc(C(F)(F)F)cc2)C(C)(C)C)n2ncnc2n1. The number of ether oxygens (including phenoxy) is 1. The molecule has 2 aromatic heterocycles. The molecule has 3 aromatic rings. The van der Waals surface area contributed by atoms with E-state index in [0.29, 0.717) is 22.9 Å². The van der Waals surface area contributed by atoms with Gasteiger partial charge < -0.3 is 4.74 Å². The lowest BCUT2D eigenvalue weighted by molar-refractivity contribution is -0.137. The van der Waals surface area contributed by atoms with E-state index in [0.717, 1.165) is 12.1 Å². The van der Waals surface area contributed by atoms with E-state index in [1.807, 2.05) is 27.7 Å². The van der Waals surface area contributed by atoms with Crippen LogP contribution in [0.25, 0.3) is 5.78 Å². The van der Waals surface area contributed by atoms with Crippen LogP contribution in [-0.4, -0.2) is 19.6 Å². The molecule has 0 bridgehead atoms. The van der Waals surface area contributed by atoms with Gasteiger partial charge in [0, 0.05) is 17.2 Å². The zero-order valence-electron chi connectivity index (χ0n) is 14.9. The molecule has 0 unspecified atom stereocenters. The number of hydrogen-bond donors (Lipinski definition) is 0. The van der Waals surface area contributed by atoms with Crippen LogP contribution >= 0.6 is 0 Å². The lowest BCUT2D eigenvalue weighted by Gasteiger charge is -2.31. The first-order valence-electron chi connectivity index (χ1n) is 8.07. The first-order chi connectivity index (χ1) is 12.1. The fourth-order valence-electron chi connectivity index (χ4n) is 2.69. The van der Waals surface area contributed by atoms with Crippen molar-refractivity contribution < 1.29 is 17.9 Å². The zero-order valence-corrected chi connectivity index (χ0v) is 14.9. The maximum atomic E-state index is 12.8. The number of rotatable bonds is 3. The fourth-order valence-corrected chi connectivity index (χ4v) is 2.69. The smallest absolute Gasteiger partial charge is 0.416 e. The number of aryl methyl sites for hydroxylation is 1. The Morgan fingerprint density at radius 3 is 2.31 bits per heavy atom. The summed E-state index contributed by atoms with van der Waals surface area (Å²) in [6.07, 6.45) is -3.48. The van der Waals surface area contributed by atoms with Crippen LogP contribution in [0, 0.1) is 12.3 Å². The lowest BCUT2D eigenvalue weighted by atomic mass is 9.84. The molecule has 0 N–H and O–H groups in total. The minimum atomic E-state index is -4.37. The van der Waals surface area contributed by atoms with Gasteiger partial charge in [0.15, 0.2) is 0 Å². The first kappa shape index (κ1) is 18.2. The molecule has 0 saturated carbocycles. The van der Waals surface area contributed by atoms with Crippen molar-refractivity contribution in [3.63, 3.8) is 0 Å². The van der Waals surface area contributed by atoms with Crippen LogP contribution in [0.15, 0.2) is 36.7 Å². The molecule has 8 heteroatoms. The van der Waals surface area contributed by atoms with Gasteiger partial charge in [-0.05, 0) is 24.6 Å². The van der Waals surface area contributed by atoms with Crippen molar-refractivity contribution in [2.45, 2.75) is 40.0 Å². The quantitative estimate of drug-likeness (QED) is 0.681. The third kappa shape index (κ3) is 3.63. The van der Waals surface area contributed by atoms with Crippen LogP contribution in [0.2, 0.25) is 0 Å². The van der Waals surface area contributed by atoms with E-state index in [2.05, 4.69) is 15.1 Å². The van der Waals surface area contributed by atoms with Crippen molar-refractivity contribution in [2.24, 2.45) is 5.41 Å². The van der Waals surface area contributed by atoms with Gasteiger partial charge in [-0.25, -0.2) is 4.98 Å². The minimum Gasteiger partial charge on any atom is -0.469 e. The molecule has 0 aliphatic carbocycles. The number of benzene rings is 1. The van der Waals surface area contributed by atoms with Crippen LogP contribution in [0.1, 0.15) is 43.7 Å². The molecular formula is C18H19F3N4O. The Morgan fingerprint density at radius 2 is 1.73 bits per heavy atom. The van der Waals surface area contributed by atoms with Crippen molar-refractivity contribution in [1.29, 1.82) is 0 Å². The molecule has 0 fully saturated rings. The number of halogens is 3. The van der Waals surface area contributed by atoms with E-state index >= 15 is 0 Å².